The molecule has 0 saturated carbocycles. The molecule has 1 aliphatic rings. The number of halogens is 1. The fourth-order valence-corrected chi connectivity index (χ4v) is 3.44. The highest BCUT2D eigenvalue weighted by molar-refractivity contribution is 7.10. The highest BCUT2D eigenvalue weighted by Gasteiger charge is 2.26. The van der Waals surface area contributed by atoms with E-state index in [0.717, 1.165) is 23.7 Å². The molecule has 0 amide bonds. The van der Waals surface area contributed by atoms with Gasteiger partial charge < -0.3 is 5.32 Å². The van der Waals surface area contributed by atoms with Gasteiger partial charge in [-0.2, -0.15) is 5.10 Å². The first-order valence-corrected chi connectivity index (χ1v) is 6.50. The van der Waals surface area contributed by atoms with E-state index in [4.69, 9.17) is 11.6 Å². The molecule has 1 unspecified atom stereocenters. The standard InChI is InChI=1S/C11H12ClN3S/c1-15-11(8(12)6-14-15)10-7-3-5-16-9(7)2-4-13-10/h3,5-6,10,13H,2,4H2,1H3. The quantitative estimate of drug-likeness (QED) is 0.846. The van der Waals surface area contributed by atoms with E-state index in [-0.39, 0.29) is 6.04 Å². The van der Waals surface area contributed by atoms with Crippen LogP contribution in [0.5, 0.6) is 0 Å². The molecule has 5 heteroatoms. The highest BCUT2D eigenvalue weighted by atomic mass is 35.5. The van der Waals surface area contributed by atoms with Crippen molar-refractivity contribution in [3.05, 3.63) is 38.8 Å². The van der Waals surface area contributed by atoms with Crippen molar-refractivity contribution < 1.29 is 0 Å². The lowest BCUT2D eigenvalue weighted by Crippen LogP contribution is -2.31. The second-order valence-corrected chi connectivity index (χ2v) is 5.35. The Labute approximate surface area is 103 Å². The van der Waals surface area contributed by atoms with Crippen molar-refractivity contribution in [2.75, 3.05) is 6.54 Å². The van der Waals surface area contributed by atoms with E-state index in [2.05, 4.69) is 21.9 Å². The van der Waals surface area contributed by atoms with Crippen molar-refractivity contribution in [2.24, 2.45) is 7.05 Å². The SMILES string of the molecule is Cn1ncc(Cl)c1C1NCCc2sccc21. The van der Waals surface area contributed by atoms with Gasteiger partial charge in [-0.05, 0) is 23.4 Å². The number of hydrogen-bond acceptors (Lipinski definition) is 3. The van der Waals surface area contributed by atoms with Gasteiger partial charge in [-0.1, -0.05) is 11.6 Å². The molecule has 2 aromatic heterocycles. The van der Waals surface area contributed by atoms with Gasteiger partial charge in [0.2, 0.25) is 0 Å². The fourth-order valence-electron chi connectivity index (χ4n) is 2.24. The third-order valence-corrected chi connectivity index (χ3v) is 4.29. The number of rotatable bonds is 1. The molecule has 3 heterocycles. The zero-order valence-electron chi connectivity index (χ0n) is 8.90. The minimum atomic E-state index is 0.190. The summed E-state index contributed by atoms with van der Waals surface area (Å²) in [6.07, 6.45) is 2.82. The van der Waals surface area contributed by atoms with Crippen LogP contribution < -0.4 is 5.32 Å². The predicted molar refractivity (Wildman–Crippen MR) is 66.1 cm³/mol. The summed E-state index contributed by atoms with van der Waals surface area (Å²) in [5.41, 5.74) is 2.41. The number of hydrogen-bond donors (Lipinski definition) is 1. The van der Waals surface area contributed by atoms with Crippen molar-refractivity contribution in [1.29, 1.82) is 0 Å². The molecule has 0 saturated heterocycles. The Kier molecular flexibility index (Phi) is 2.50. The Morgan fingerprint density at radius 2 is 2.50 bits per heavy atom. The van der Waals surface area contributed by atoms with Crippen LogP contribution in [-0.2, 0) is 13.5 Å². The molecule has 16 heavy (non-hydrogen) atoms. The zero-order chi connectivity index (χ0) is 11.1. The van der Waals surface area contributed by atoms with Crippen LogP contribution >= 0.6 is 22.9 Å². The summed E-state index contributed by atoms with van der Waals surface area (Å²) in [5.74, 6) is 0. The second-order valence-electron chi connectivity index (χ2n) is 3.94. The second kappa shape index (κ2) is 3.87. The first-order valence-electron chi connectivity index (χ1n) is 5.24. The Morgan fingerprint density at radius 3 is 3.25 bits per heavy atom. The number of nitrogens with one attached hydrogen (secondary N) is 1. The molecular weight excluding hydrogens is 242 g/mol. The minimum Gasteiger partial charge on any atom is -0.305 e. The number of aromatic nitrogens is 2. The summed E-state index contributed by atoms with van der Waals surface area (Å²) in [5, 5.41) is 10.6. The van der Waals surface area contributed by atoms with Crippen molar-refractivity contribution in [3.63, 3.8) is 0 Å². The monoisotopic (exact) mass is 253 g/mol. The largest absolute Gasteiger partial charge is 0.305 e. The van der Waals surface area contributed by atoms with Gasteiger partial charge in [0.15, 0.2) is 0 Å². The van der Waals surface area contributed by atoms with E-state index in [1.165, 1.54) is 10.4 Å². The minimum absolute atomic E-state index is 0.190. The molecular formula is C11H12ClN3S. The maximum Gasteiger partial charge on any atom is 0.0837 e. The summed E-state index contributed by atoms with van der Waals surface area (Å²) < 4.78 is 1.85. The lowest BCUT2D eigenvalue weighted by Gasteiger charge is -2.24. The van der Waals surface area contributed by atoms with Gasteiger partial charge >= 0.3 is 0 Å². The van der Waals surface area contributed by atoms with E-state index in [9.17, 15) is 0 Å². The van der Waals surface area contributed by atoms with Gasteiger partial charge in [-0.25, -0.2) is 0 Å². The Morgan fingerprint density at radius 1 is 1.62 bits per heavy atom. The van der Waals surface area contributed by atoms with Gasteiger partial charge in [0.1, 0.15) is 0 Å². The van der Waals surface area contributed by atoms with Crippen LogP contribution in [0.1, 0.15) is 22.2 Å². The third kappa shape index (κ3) is 1.49. The molecule has 0 aromatic carbocycles. The number of aryl methyl sites for hydroxylation is 1. The van der Waals surface area contributed by atoms with Crippen LogP contribution in [0, 0.1) is 0 Å². The number of nitrogens with zero attached hydrogens (tertiary/aromatic N) is 2. The Hall–Kier alpha value is -0.840. The third-order valence-electron chi connectivity index (χ3n) is 3.00. The molecule has 1 N–H and O–H groups in total. The normalized spacial score (nSPS) is 19.8. The predicted octanol–water partition coefficient (Wildman–Crippen LogP) is 2.37. The van der Waals surface area contributed by atoms with E-state index < -0.39 is 0 Å². The summed E-state index contributed by atoms with van der Waals surface area (Å²) in [6.45, 7) is 1.000. The molecule has 1 aliphatic heterocycles. The molecule has 3 nitrogen and oxygen atoms in total. The van der Waals surface area contributed by atoms with Gasteiger partial charge in [0, 0.05) is 18.5 Å². The average molecular weight is 254 g/mol. The topological polar surface area (TPSA) is 29.9 Å². The number of thiophene rings is 1. The van der Waals surface area contributed by atoms with Crippen LogP contribution in [0.25, 0.3) is 0 Å². The molecule has 1 atom stereocenters. The zero-order valence-corrected chi connectivity index (χ0v) is 10.5. The Balaban J connectivity index is 2.10. The molecule has 0 radical (unpaired) electrons. The van der Waals surface area contributed by atoms with Crippen LogP contribution in [-0.4, -0.2) is 16.3 Å². The van der Waals surface area contributed by atoms with Gasteiger partial charge in [-0.3, -0.25) is 4.68 Å². The molecule has 0 fully saturated rings. The lowest BCUT2D eigenvalue weighted by atomic mass is 9.99. The van der Waals surface area contributed by atoms with Crippen molar-refractivity contribution >= 4 is 22.9 Å². The van der Waals surface area contributed by atoms with E-state index in [1.54, 1.807) is 6.20 Å². The first-order chi connectivity index (χ1) is 7.77. The molecule has 84 valence electrons. The van der Waals surface area contributed by atoms with Crippen LogP contribution in [0.4, 0.5) is 0 Å². The highest BCUT2D eigenvalue weighted by Crippen LogP contribution is 2.34. The average Bonchev–Trinajstić information content (AvgIpc) is 2.86. The van der Waals surface area contributed by atoms with Gasteiger partial charge in [0.05, 0.1) is 23.0 Å². The van der Waals surface area contributed by atoms with Crippen molar-refractivity contribution in [3.8, 4) is 0 Å². The van der Waals surface area contributed by atoms with E-state index in [0.29, 0.717) is 0 Å². The van der Waals surface area contributed by atoms with E-state index in [1.807, 2.05) is 23.1 Å². The van der Waals surface area contributed by atoms with Crippen LogP contribution in [0.2, 0.25) is 5.02 Å². The summed E-state index contributed by atoms with van der Waals surface area (Å²) in [4.78, 5) is 1.46. The molecule has 0 spiro atoms. The van der Waals surface area contributed by atoms with E-state index >= 15 is 0 Å². The van der Waals surface area contributed by atoms with Crippen molar-refractivity contribution in [1.82, 2.24) is 15.1 Å². The maximum atomic E-state index is 6.19. The maximum absolute atomic E-state index is 6.19. The molecule has 3 rings (SSSR count). The first kappa shape index (κ1) is 10.3. The van der Waals surface area contributed by atoms with Crippen LogP contribution in [0.15, 0.2) is 17.6 Å². The summed E-state index contributed by atoms with van der Waals surface area (Å²) in [7, 11) is 1.93. The molecule has 0 aliphatic carbocycles. The van der Waals surface area contributed by atoms with Gasteiger partial charge in [0.25, 0.3) is 0 Å². The lowest BCUT2D eigenvalue weighted by molar-refractivity contribution is 0.535. The molecule has 0 bridgehead atoms. The van der Waals surface area contributed by atoms with Gasteiger partial charge in [-0.15, -0.1) is 11.3 Å². The summed E-state index contributed by atoms with van der Waals surface area (Å²) in [6, 6.07) is 2.37. The van der Waals surface area contributed by atoms with Crippen LogP contribution in [0.3, 0.4) is 0 Å². The summed E-state index contributed by atoms with van der Waals surface area (Å²) >= 11 is 8.02. The van der Waals surface area contributed by atoms with Crippen molar-refractivity contribution in [2.45, 2.75) is 12.5 Å². The fraction of sp³-hybridized carbons (Fsp3) is 0.364. The smallest absolute Gasteiger partial charge is 0.0837 e. The number of fused-ring (bicyclic) bond motifs is 1. The molecule has 2 aromatic rings. The Bertz CT molecular complexity index is 498.